The Labute approximate surface area is 137 Å². The lowest BCUT2D eigenvalue weighted by Gasteiger charge is -2.25. The average molecular weight is 308 g/mol. The van der Waals surface area contributed by atoms with Crippen LogP contribution in [0.5, 0.6) is 0 Å². The highest BCUT2D eigenvalue weighted by Gasteiger charge is 2.20. The van der Waals surface area contributed by atoms with Gasteiger partial charge in [0.25, 0.3) is 5.91 Å². The second-order valence-corrected chi connectivity index (χ2v) is 7.11. The van der Waals surface area contributed by atoms with Crippen LogP contribution in [0.1, 0.15) is 73.2 Å². The van der Waals surface area contributed by atoms with E-state index in [2.05, 4.69) is 28.5 Å². The summed E-state index contributed by atoms with van der Waals surface area (Å²) in [6, 6.07) is 8.84. The first-order chi connectivity index (χ1) is 11.3. The van der Waals surface area contributed by atoms with Crippen molar-refractivity contribution < 1.29 is 4.79 Å². The van der Waals surface area contributed by atoms with E-state index < -0.39 is 0 Å². The molecule has 0 aliphatic heterocycles. The summed E-state index contributed by atoms with van der Waals surface area (Å²) in [5.74, 6) is 0.741. The number of pyridine rings is 1. The van der Waals surface area contributed by atoms with Crippen LogP contribution < -0.4 is 5.32 Å². The van der Waals surface area contributed by atoms with Crippen molar-refractivity contribution >= 4 is 16.8 Å². The molecule has 3 nitrogen and oxygen atoms in total. The first-order valence-electron chi connectivity index (χ1n) is 9.00. The molecule has 1 heterocycles. The normalized spacial score (nSPS) is 19.5. The van der Waals surface area contributed by atoms with Crippen molar-refractivity contribution in [2.24, 2.45) is 0 Å². The zero-order valence-corrected chi connectivity index (χ0v) is 13.6. The third-order valence-electron chi connectivity index (χ3n) is 5.49. The molecule has 23 heavy (non-hydrogen) atoms. The van der Waals surface area contributed by atoms with Crippen LogP contribution in [0, 0.1) is 0 Å². The number of carbonyl (C=O) groups excluding carboxylic acids is 1. The molecule has 0 atom stereocenters. The monoisotopic (exact) mass is 308 g/mol. The molecule has 1 N–H and O–H groups in total. The number of nitrogens with one attached hydrogen (secondary N) is 1. The number of nitrogens with zero attached hydrogens (tertiary/aromatic N) is 1. The van der Waals surface area contributed by atoms with Crippen molar-refractivity contribution in [3.8, 4) is 0 Å². The molecule has 0 unspecified atom stereocenters. The molecule has 0 bridgehead atoms. The number of carbonyl (C=O) groups is 1. The van der Waals surface area contributed by atoms with Crippen LogP contribution in [-0.4, -0.2) is 16.9 Å². The fraction of sp³-hybridized carbons (Fsp3) is 0.500. The van der Waals surface area contributed by atoms with Gasteiger partial charge in [0, 0.05) is 17.6 Å². The molecule has 0 spiro atoms. The van der Waals surface area contributed by atoms with Crippen LogP contribution in [0.4, 0.5) is 0 Å². The summed E-state index contributed by atoms with van der Waals surface area (Å²) in [7, 11) is 0. The van der Waals surface area contributed by atoms with Gasteiger partial charge in [0.05, 0.1) is 11.1 Å². The Morgan fingerprint density at radius 1 is 1.00 bits per heavy atom. The Kier molecular flexibility index (Phi) is 4.02. The predicted molar refractivity (Wildman–Crippen MR) is 92.7 cm³/mol. The average Bonchev–Trinajstić information content (AvgIpc) is 2.53. The van der Waals surface area contributed by atoms with Gasteiger partial charge in [-0.15, -0.1) is 0 Å². The maximum Gasteiger partial charge on any atom is 0.253 e. The fourth-order valence-corrected chi connectivity index (χ4v) is 3.77. The second kappa shape index (κ2) is 6.31. The lowest BCUT2D eigenvalue weighted by Crippen LogP contribution is -2.36. The van der Waals surface area contributed by atoms with E-state index in [1.54, 1.807) is 6.20 Å². The van der Waals surface area contributed by atoms with E-state index >= 15 is 0 Å². The topological polar surface area (TPSA) is 42.0 Å². The quantitative estimate of drug-likeness (QED) is 0.902. The molecule has 120 valence electrons. The maximum atomic E-state index is 12.4. The lowest BCUT2D eigenvalue weighted by atomic mass is 9.80. The van der Waals surface area contributed by atoms with Gasteiger partial charge in [-0.05, 0) is 49.3 Å². The Morgan fingerprint density at radius 3 is 2.57 bits per heavy atom. The van der Waals surface area contributed by atoms with Crippen molar-refractivity contribution in [2.75, 3.05) is 0 Å². The van der Waals surface area contributed by atoms with Crippen LogP contribution in [0.15, 0.2) is 30.5 Å². The van der Waals surface area contributed by atoms with E-state index in [9.17, 15) is 4.79 Å². The summed E-state index contributed by atoms with van der Waals surface area (Å²) in [5.41, 5.74) is 3.08. The highest BCUT2D eigenvalue weighted by Crippen LogP contribution is 2.37. The minimum absolute atomic E-state index is 0.0226. The Balaban J connectivity index is 1.52. The molecule has 2 aliphatic carbocycles. The van der Waals surface area contributed by atoms with Crippen LogP contribution in [-0.2, 0) is 0 Å². The number of hydrogen-bond acceptors (Lipinski definition) is 2. The molecule has 3 heteroatoms. The second-order valence-electron chi connectivity index (χ2n) is 7.11. The zero-order valence-electron chi connectivity index (χ0n) is 13.6. The molecule has 4 rings (SSSR count). The van der Waals surface area contributed by atoms with E-state index in [0.29, 0.717) is 11.6 Å². The molecular formula is C20H24N2O. The van der Waals surface area contributed by atoms with Crippen molar-refractivity contribution in [3.63, 3.8) is 0 Å². The number of amides is 1. The third-order valence-corrected chi connectivity index (χ3v) is 5.49. The minimum Gasteiger partial charge on any atom is -0.349 e. The van der Waals surface area contributed by atoms with Gasteiger partial charge in [-0.25, -0.2) is 0 Å². The highest BCUT2D eigenvalue weighted by atomic mass is 16.1. The first kappa shape index (κ1) is 14.7. The molecule has 1 aromatic heterocycles. The Morgan fingerprint density at radius 2 is 1.83 bits per heavy atom. The van der Waals surface area contributed by atoms with E-state index in [-0.39, 0.29) is 5.91 Å². The molecule has 2 aliphatic rings. The zero-order chi connectivity index (χ0) is 15.6. The molecular weight excluding hydrogens is 284 g/mol. The van der Waals surface area contributed by atoms with Gasteiger partial charge >= 0.3 is 0 Å². The van der Waals surface area contributed by atoms with Gasteiger partial charge < -0.3 is 5.32 Å². The standard InChI is InChI=1S/C20H24N2O/c23-20(22-18-7-2-1-3-8-18)17-11-16-10-9-15(14-5-4-6-14)12-19(16)21-13-17/h9-14,18H,1-8H2,(H,22,23). The number of hydrogen-bond donors (Lipinski definition) is 1. The van der Waals surface area contributed by atoms with Gasteiger partial charge in [-0.3, -0.25) is 9.78 Å². The predicted octanol–water partition coefficient (Wildman–Crippen LogP) is 4.56. The van der Waals surface area contributed by atoms with E-state index in [4.69, 9.17) is 0 Å². The van der Waals surface area contributed by atoms with E-state index in [1.807, 2.05) is 6.07 Å². The molecule has 0 radical (unpaired) electrons. The molecule has 2 saturated carbocycles. The van der Waals surface area contributed by atoms with E-state index in [1.165, 1.54) is 44.1 Å². The Hall–Kier alpha value is -1.90. The SMILES string of the molecule is O=C(NC1CCCCC1)c1cnc2cc(C3CCC3)ccc2c1. The number of fused-ring (bicyclic) bond motifs is 1. The van der Waals surface area contributed by atoms with Crippen molar-refractivity contribution in [2.45, 2.75) is 63.3 Å². The number of benzene rings is 1. The van der Waals surface area contributed by atoms with Crippen molar-refractivity contribution in [1.82, 2.24) is 10.3 Å². The van der Waals surface area contributed by atoms with Crippen LogP contribution in [0.3, 0.4) is 0 Å². The Bertz CT molecular complexity index is 715. The lowest BCUT2D eigenvalue weighted by molar-refractivity contribution is 0.0927. The van der Waals surface area contributed by atoms with Gasteiger partial charge in [0.2, 0.25) is 0 Å². The van der Waals surface area contributed by atoms with Gasteiger partial charge in [0.15, 0.2) is 0 Å². The van der Waals surface area contributed by atoms with Crippen LogP contribution in [0.25, 0.3) is 10.9 Å². The number of rotatable bonds is 3. The van der Waals surface area contributed by atoms with Crippen molar-refractivity contribution in [3.05, 3.63) is 41.6 Å². The smallest absolute Gasteiger partial charge is 0.253 e. The van der Waals surface area contributed by atoms with Crippen LogP contribution in [0.2, 0.25) is 0 Å². The summed E-state index contributed by atoms with van der Waals surface area (Å²) in [4.78, 5) is 17.0. The first-order valence-corrected chi connectivity index (χ1v) is 9.00. The summed E-state index contributed by atoms with van der Waals surface area (Å²) in [6.07, 6.45) is 11.6. The third kappa shape index (κ3) is 3.10. The molecule has 2 aromatic rings. The maximum absolute atomic E-state index is 12.4. The molecule has 1 aromatic carbocycles. The van der Waals surface area contributed by atoms with Gasteiger partial charge in [-0.2, -0.15) is 0 Å². The summed E-state index contributed by atoms with van der Waals surface area (Å²) < 4.78 is 0. The van der Waals surface area contributed by atoms with Gasteiger partial charge in [0.1, 0.15) is 0 Å². The molecule has 1 amide bonds. The van der Waals surface area contributed by atoms with Gasteiger partial charge in [-0.1, -0.05) is 37.8 Å². The largest absolute Gasteiger partial charge is 0.349 e. The van der Waals surface area contributed by atoms with Crippen molar-refractivity contribution in [1.29, 1.82) is 0 Å². The molecule has 0 saturated heterocycles. The summed E-state index contributed by atoms with van der Waals surface area (Å²) in [6.45, 7) is 0. The highest BCUT2D eigenvalue weighted by molar-refractivity contribution is 5.97. The van der Waals surface area contributed by atoms with E-state index in [0.717, 1.165) is 29.7 Å². The number of aromatic nitrogens is 1. The fourth-order valence-electron chi connectivity index (χ4n) is 3.77. The summed E-state index contributed by atoms with van der Waals surface area (Å²) in [5, 5.41) is 4.23. The van der Waals surface area contributed by atoms with Crippen LogP contribution >= 0.6 is 0 Å². The minimum atomic E-state index is 0.0226. The summed E-state index contributed by atoms with van der Waals surface area (Å²) >= 11 is 0. The molecule has 2 fully saturated rings.